The van der Waals surface area contributed by atoms with E-state index < -0.39 is 0 Å². The highest BCUT2D eigenvalue weighted by molar-refractivity contribution is 5.79. The van der Waals surface area contributed by atoms with E-state index in [0.717, 1.165) is 32.1 Å². The Bertz CT molecular complexity index is 332. The van der Waals surface area contributed by atoms with Crippen molar-refractivity contribution in [3.05, 3.63) is 0 Å². The predicted molar refractivity (Wildman–Crippen MR) is 99.1 cm³/mol. The van der Waals surface area contributed by atoms with Crippen LogP contribution < -0.4 is 10.6 Å². The normalized spacial score (nSPS) is 22.3. The second kappa shape index (κ2) is 10.9. The Morgan fingerprint density at radius 1 is 0.957 bits per heavy atom. The number of aliphatic imine (C=N–C) groups is 1. The molecule has 0 aromatic carbocycles. The molecule has 2 N–H and O–H groups in total. The van der Waals surface area contributed by atoms with Gasteiger partial charge in [0.05, 0.1) is 0 Å². The van der Waals surface area contributed by atoms with E-state index in [2.05, 4.69) is 34.3 Å². The molecule has 2 rings (SSSR count). The van der Waals surface area contributed by atoms with Crippen LogP contribution in [0.3, 0.4) is 0 Å². The maximum Gasteiger partial charge on any atom is 0.191 e. The summed E-state index contributed by atoms with van der Waals surface area (Å²) in [6, 6.07) is 0. The minimum Gasteiger partial charge on any atom is -0.357 e. The van der Waals surface area contributed by atoms with Crippen molar-refractivity contribution in [2.24, 2.45) is 10.9 Å². The second-order valence-corrected chi connectivity index (χ2v) is 7.16. The van der Waals surface area contributed by atoms with Gasteiger partial charge in [-0.1, -0.05) is 13.3 Å². The first-order valence-electron chi connectivity index (χ1n) is 9.75. The fraction of sp³-hybridized carbons (Fsp3) is 0.944. The summed E-state index contributed by atoms with van der Waals surface area (Å²) in [5, 5.41) is 6.88. The molecule has 0 amide bonds. The van der Waals surface area contributed by atoms with Gasteiger partial charge in [0, 0.05) is 32.7 Å². The average molecular weight is 324 g/mol. The van der Waals surface area contributed by atoms with Gasteiger partial charge in [-0.3, -0.25) is 4.99 Å². The van der Waals surface area contributed by atoms with Crippen LogP contribution in [0.4, 0.5) is 0 Å². The number of rotatable bonds is 8. The highest BCUT2D eigenvalue weighted by Gasteiger charge is 2.14. The summed E-state index contributed by atoms with van der Waals surface area (Å²) in [6.07, 6.45) is 6.88. The molecule has 1 unspecified atom stereocenters. The molecule has 0 aromatic heterocycles. The topological polar surface area (TPSA) is 42.9 Å². The monoisotopic (exact) mass is 323 g/mol. The van der Waals surface area contributed by atoms with Gasteiger partial charge in [-0.05, 0) is 64.7 Å². The van der Waals surface area contributed by atoms with Crippen LogP contribution in [0.2, 0.25) is 0 Å². The van der Waals surface area contributed by atoms with Crippen LogP contribution in [0.25, 0.3) is 0 Å². The number of guanidine groups is 1. The lowest BCUT2D eigenvalue weighted by Gasteiger charge is -2.26. The molecule has 5 heteroatoms. The average Bonchev–Trinajstić information content (AvgIpc) is 3.06. The standard InChI is InChI=1S/C18H37N5/c1-3-19-18(20-9-14-22-10-5-4-6-11-22)21-15-17(2)16-23-12-7-8-13-23/h17H,3-16H2,1-2H3,(H2,19,20,21). The minimum atomic E-state index is 0.630. The van der Waals surface area contributed by atoms with Gasteiger partial charge in [0.2, 0.25) is 0 Å². The molecule has 0 saturated carbocycles. The predicted octanol–water partition coefficient (Wildman–Crippen LogP) is 1.76. The Morgan fingerprint density at radius 3 is 2.30 bits per heavy atom. The molecule has 0 bridgehead atoms. The largest absolute Gasteiger partial charge is 0.357 e. The van der Waals surface area contributed by atoms with Crippen LogP contribution in [-0.4, -0.2) is 74.7 Å². The van der Waals surface area contributed by atoms with Crippen molar-refractivity contribution in [3.63, 3.8) is 0 Å². The zero-order valence-corrected chi connectivity index (χ0v) is 15.3. The third kappa shape index (κ3) is 7.53. The van der Waals surface area contributed by atoms with E-state index in [1.165, 1.54) is 64.8 Å². The number of piperidine rings is 1. The lowest BCUT2D eigenvalue weighted by atomic mass is 10.1. The lowest BCUT2D eigenvalue weighted by molar-refractivity contribution is 0.232. The molecular formula is C18H37N5. The zero-order valence-electron chi connectivity index (χ0n) is 15.3. The van der Waals surface area contributed by atoms with Crippen LogP contribution >= 0.6 is 0 Å². The Labute approximate surface area is 142 Å². The van der Waals surface area contributed by atoms with Crippen LogP contribution in [0.5, 0.6) is 0 Å². The Hall–Kier alpha value is -0.810. The number of hydrogen-bond acceptors (Lipinski definition) is 3. The molecule has 2 aliphatic rings. The van der Waals surface area contributed by atoms with Crippen molar-refractivity contribution < 1.29 is 0 Å². The fourth-order valence-corrected chi connectivity index (χ4v) is 3.57. The molecular weight excluding hydrogens is 286 g/mol. The molecule has 2 saturated heterocycles. The van der Waals surface area contributed by atoms with Gasteiger partial charge < -0.3 is 20.4 Å². The van der Waals surface area contributed by atoms with Crippen molar-refractivity contribution >= 4 is 5.96 Å². The molecule has 0 radical (unpaired) electrons. The minimum absolute atomic E-state index is 0.630. The van der Waals surface area contributed by atoms with Gasteiger partial charge in [0.1, 0.15) is 0 Å². The molecule has 0 aromatic rings. The van der Waals surface area contributed by atoms with Crippen LogP contribution in [0.15, 0.2) is 4.99 Å². The van der Waals surface area contributed by atoms with Crippen molar-refractivity contribution in [2.75, 3.05) is 58.9 Å². The van der Waals surface area contributed by atoms with Crippen LogP contribution in [-0.2, 0) is 0 Å². The smallest absolute Gasteiger partial charge is 0.191 e. The fourth-order valence-electron chi connectivity index (χ4n) is 3.57. The lowest BCUT2D eigenvalue weighted by Crippen LogP contribution is -2.43. The molecule has 2 aliphatic heterocycles. The van der Waals surface area contributed by atoms with Gasteiger partial charge in [-0.25, -0.2) is 0 Å². The number of hydrogen-bond donors (Lipinski definition) is 2. The maximum absolute atomic E-state index is 4.79. The van der Waals surface area contributed by atoms with Crippen LogP contribution in [0.1, 0.15) is 46.0 Å². The summed E-state index contributed by atoms with van der Waals surface area (Å²) in [5.41, 5.74) is 0. The van der Waals surface area contributed by atoms with E-state index in [1.807, 2.05) is 0 Å². The van der Waals surface area contributed by atoms with E-state index in [1.54, 1.807) is 0 Å². The summed E-state index contributed by atoms with van der Waals surface area (Å²) in [4.78, 5) is 9.93. The highest BCUT2D eigenvalue weighted by Crippen LogP contribution is 2.10. The first kappa shape index (κ1) is 18.5. The van der Waals surface area contributed by atoms with Crippen LogP contribution in [0, 0.1) is 5.92 Å². The number of likely N-dealkylation sites (tertiary alicyclic amines) is 2. The highest BCUT2D eigenvalue weighted by atomic mass is 15.2. The van der Waals surface area contributed by atoms with Crippen molar-refractivity contribution in [3.8, 4) is 0 Å². The quantitative estimate of drug-likeness (QED) is 0.528. The molecule has 1 atom stereocenters. The van der Waals surface area contributed by atoms with Gasteiger partial charge >= 0.3 is 0 Å². The zero-order chi connectivity index (χ0) is 16.3. The van der Waals surface area contributed by atoms with Crippen molar-refractivity contribution in [2.45, 2.75) is 46.0 Å². The van der Waals surface area contributed by atoms with Gasteiger partial charge in [-0.15, -0.1) is 0 Å². The van der Waals surface area contributed by atoms with E-state index in [-0.39, 0.29) is 0 Å². The van der Waals surface area contributed by atoms with Gasteiger partial charge in [0.25, 0.3) is 0 Å². The molecule has 2 fully saturated rings. The molecule has 0 aliphatic carbocycles. The second-order valence-electron chi connectivity index (χ2n) is 7.16. The summed E-state index contributed by atoms with van der Waals surface area (Å²) in [5.74, 6) is 1.61. The van der Waals surface area contributed by atoms with E-state index in [4.69, 9.17) is 4.99 Å². The first-order chi connectivity index (χ1) is 11.3. The number of nitrogens with zero attached hydrogens (tertiary/aromatic N) is 3. The molecule has 23 heavy (non-hydrogen) atoms. The van der Waals surface area contributed by atoms with E-state index in [0.29, 0.717) is 5.92 Å². The first-order valence-corrected chi connectivity index (χ1v) is 9.75. The summed E-state index contributed by atoms with van der Waals surface area (Å²) < 4.78 is 0. The maximum atomic E-state index is 4.79. The van der Waals surface area contributed by atoms with Crippen molar-refractivity contribution in [1.82, 2.24) is 20.4 Å². The third-order valence-electron chi connectivity index (χ3n) is 4.84. The van der Waals surface area contributed by atoms with E-state index >= 15 is 0 Å². The molecule has 5 nitrogen and oxygen atoms in total. The molecule has 0 spiro atoms. The summed E-state index contributed by atoms with van der Waals surface area (Å²) in [7, 11) is 0. The Kier molecular flexibility index (Phi) is 8.76. The van der Waals surface area contributed by atoms with E-state index in [9.17, 15) is 0 Å². The summed E-state index contributed by atoms with van der Waals surface area (Å²) in [6.45, 7) is 14.7. The number of nitrogens with one attached hydrogen (secondary N) is 2. The Balaban J connectivity index is 1.65. The molecule has 2 heterocycles. The summed E-state index contributed by atoms with van der Waals surface area (Å²) >= 11 is 0. The molecule has 134 valence electrons. The van der Waals surface area contributed by atoms with Crippen molar-refractivity contribution in [1.29, 1.82) is 0 Å². The SMILES string of the molecule is CCNC(=NCC(C)CN1CCCC1)NCCN1CCCCC1. The third-order valence-corrected chi connectivity index (χ3v) is 4.84. The Morgan fingerprint density at radius 2 is 1.61 bits per heavy atom. The van der Waals surface area contributed by atoms with Gasteiger partial charge in [0.15, 0.2) is 5.96 Å². The van der Waals surface area contributed by atoms with Gasteiger partial charge in [-0.2, -0.15) is 0 Å².